The van der Waals surface area contributed by atoms with Crippen molar-refractivity contribution in [1.82, 2.24) is 4.90 Å². The molecule has 2 rings (SSSR count). The van der Waals surface area contributed by atoms with E-state index in [4.69, 9.17) is 17.3 Å². The van der Waals surface area contributed by atoms with Crippen molar-refractivity contribution in [2.45, 2.75) is 38.3 Å². The third-order valence-electron chi connectivity index (χ3n) is 4.04. The molecule has 1 atom stereocenters. The van der Waals surface area contributed by atoms with Crippen LogP contribution in [-0.2, 0) is 4.79 Å². The van der Waals surface area contributed by atoms with E-state index in [9.17, 15) is 9.90 Å². The maximum Gasteiger partial charge on any atom is 0.242 e. The zero-order chi connectivity index (χ0) is 15.6. The number of aliphatic hydroxyl groups is 1. The van der Waals surface area contributed by atoms with Gasteiger partial charge in [-0.05, 0) is 50.3 Å². The van der Waals surface area contributed by atoms with Crippen molar-refractivity contribution in [2.24, 2.45) is 11.7 Å². The third-order valence-corrected chi connectivity index (χ3v) is 4.29. The van der Waals surface area contributed by atoms with Gasteiger partial charge in [0.05, 0.1) is 11.6 Å². The summed E-state index contributed by atoms with van der Waals surface area (Å²) in [6.45, 7) is 4.75. The first-order chi connectivity index (χ1) is 9.79. The highest BCUT2D eigenvalue weighted by molar-refractivity contribution is 6.30. The number of hydrogen-bond acceptors (Lipinski definition) is 3. The molecule has 5 heteroatoms. The minimum absolute atomic E-state index is 0.0260. The van der Waals surface area contributed by atoms with Crippen molar-refractivity contribution in [3.05, 3.63) is 34.9 Å². The van der Waals surface area contributed by atoms with E-state index in [0.717, 1.165) is 18.4 Å². The molecule has 1 aliphatic rings. The van der Waals surface area contributed by atoms with E-state index in [2.05, 4.69) is 0 Å². The molecule has 0 aliphatic carbocycles. The molecule has 1 aromatic carbocycles. The minimum Gasteiger partial charge on any atom is -0.388 e. The Labute approximate surface area is 130 Å². The second-order valence-electron chi connectivity index (χ2n) is 6.35. The first kappa shape index (κ1) is 16.3. The zero-order valence-corrected chi connectivity index (χ0v) is 13.3. The number of likely N-dealkylation sites (tertiary alicyclic amines) is 1. The van der Waals surface area contributed by atoms with Crippen molar-refractivity contribution < 1.29 is 9.90 Å². The summed E-state index contributed by atoms with van der Waals surface area (Å²) in [7, 11) is 0. The molecule has 1 fully saturated rings. The van der Waals surface area contributed by atoms with Crippen LogP contribution in [0.2, 0.25) is 5.02 Å². The van der Waals surface area contributed by atoms with E-state index in [1.54, 1.807) is 30.9 Å². The van der Waals surface area contributed by atoms with Crippen LogP contribution in [0.3, 0.4) is 0 Å². The normalized spacial score (nSPS) is 18.6. The van der Waals surface area contributed by atoms with Gasteiger partial charge in [0.2, 0.25) is 5.91 Å². The Hall–Kier alpha value is -1.10. The van der Waals surface area contributed by atoms with Crippen LogP contribution in [-0.4, -0.2) is 34.5 Å². The molecule has 21 heavy (non-hydrogen) atoms. The average Bonchev–Trinajstić information content (AvgIpc) is 2.46. The van der Waals surface area contributed by atoms with Gasteiger partial charge in [0.25, 0.3) is 0 Å². The van der Waals surface area contributed by atoms with E-state index in [1.807, 2.05) is 12.1 Å². The van der Waals surface area contributed by atoms with Crippen LogP contribution in [0.25, 0.3) is 0 Å². The number of carbonyl (C=O) groups excluding carboxylic acids is 1. The Morgan fingerprint density at radius 3 is 2.33 bits per heavy atom. The molecule has 0 bridgehead atoms. The SMILES string of the molecule is CC(C)(N)C(=O)N1CCC([C@H](O)c2ccc(Cl)cc2)CC1. The van der Waals surface area contributed by atoms with Crippen molar-refractivity contribution >= 4 is 17.5 Å². The molecule has 0 saturated carbocycles. The number of halogens is 1. The summed E-state index contributed by atoms with van der Waals surface area (Å²) in [6.07, 6.45) is 1.06. The summed E-state index contributed by atoms with van der Waals surface area (Å²) >= 11 is 5.86. The fourth-order valence-electron chi connectivity index (χ4n) is 2.76. The molecule has 0 spiro atoms. The van der Waals surface area contributed by atoms with Crippen LogP contribution in [0.5, 0.6) is 0 Å². The molecule has 1 aliphatic heterocycles. The second-order valence-corrected chi connectivity index (χ2v) is 6.78. The zero-order valence-electron chi connectivity index (χ0n) is 12.6. The molecule has 0 aromatic heterocycles. The van der Waals surface area contributed by atoms with E-state index in [0.29, 0.717) is 18.1 Å². The standard InChI is InChI=1S/C16H23ClN2O2/c1-16(2,18)15(21)19-9-7-12(8-10-19)14(20)11-3-5-13(17)6-4-11/h3-6,12,14,20H,7-10,18H2,1-2H3/t14-/m1/s1. The van der Waals surface area contributed by atoms with Crippen molar-refractivity contribution in [2.75, 3.05) is 13.1 Å². The highest BCUT2D eigenvalue weighted by atomic mass is 35.5. The summed E-state index contributed by atoms with van der Waals surface area (Å²) in [5.41, 5.74) is 5.90. The number of nitrogens with zero attached hydrogens (tertiary/aromatic N) is 1. The van der Waals surface area contributed by atoms with Gasteiger partial charge in [-0.1, -0.05) is 23.7 Å². The van der Waals surface area contributed by atoms with Gasteiger partial charge in [-0.25, -0.2) is 0 Å². The van der Waals surface area contributed by atoms with E-state index in [1.165, 1.54) is 0 Å². The number of hydrogen-bond donors (Lipinski definition) is 2. The number of carbonyl (C=O) groups is 1. The molecule has 1 amide bonds. The van der Waals surface area contributed by atoms with Crippen LogP contribution in [0, 0.1) is 5.92 Å². The molecule has 1 saturated heterocycles. The molecule has 4 nitrogen and oxygen atoms in total. The molecule has 116 valence electrons. The Morgan fingerprint density at radius 2 is 1.86 bits per heavy atom. The van der Waals surface area contributed by atoms with E-state index in [-0.39, 0.29) is 11.8 Å². The van der Waals surface area contributed by atoms with Crippen LogP contribution >= 0.6 is 11.6 Å². The fraction of sp³-hybridized carbons (Fsp3) is 0.562. The van der Waals surface area contributed by atoms with Gasteiger partial charge in [-0.15, -0.1) is 0 Å². The second kappa shape index (κ2) is 6.34. The smallest absolute Gasteiger partial charge is 0.242 e. The maximum atomic E-state index is 12.1. The topological polar surface area (TPSA) is 66.6 Å². The van der Waals surface area contributed by atoms with Crippen LogP contribution in [0.15, 0.2) is 24.3 Å². The van der Waals surface area contributed by atoms with Gasteiger partial charge in [-0.2, -0.15) is 0 Å². The molecule has 1 heterocycles. The highest BCUT2D eigenvalue weighted by Gasteiger charge is 2.33. The van der Waals surface area contributed by atoms with Crippen LogP contribution in [0.1, 0.15) is 38.4 Å². The van der Waals surface area contributed by atoms with Gasteiger partial charge in [0, 0.05) is 18.1 Å². The maximum absolute atomic E-state index is 12.1. The quantitative estimate of drug-likeness (QED) is 0.900. The van der Waals surface area contributed by atoms with Gasteiger partial charge in [-0.3, -0.25) is 4.79 Å². The van der Waals surface area contributed by atoms with E-state index < -0.39 is 11.6 Å². The summed E-state index contributed by atoms with van der Waals surface area (Å²) in [6, 6.07) is 7.28. The lowest BCUT2D eigenvalue weighted by Gasteiger charge is -2.37. The minimum atomic E-state index is -0.832. The Bertz CT molecular complexity index is 488. The Balaban J connectivity index is 1.94. The number of benzene rings is 1. The molecule has 1 aromatic rings. The summed E-state index contributed by atoms with van der Waals surface area (Å²) < 4.78 is 0. The van der Waals surface area contributed by atoms with Crippen molar-refractivity contribution in [3.8, 4) is 0 Å². The third kappa shape index (κ3) is 3.96. The molecule has 0 radical (unpaired) electrons. The van der Waals surface area contributed by atoms with Crippen LogP contribution in [0.4, 0.5) is 0 Å². The predicted molar refractivity (Wildman–Crippen MR) is 84.0 cm³/mol. The van der Waals surface area contributed by atoms with Gasteiger partial charge < -0.3 is 15.7 Å². The summed E-state index contributed by atoms with van der Waals surface area (Å²) in [5, 5.41) is 11.1. The summed E-state index contributed by atoms with van der Waals surface area (Å²) in [5.74, 6) is 0.137. The first-order valence-electron chi connectivity index (χ1n) is 7.31. The summed E-state index contributed by atoms with van der Waals surface area (Å²) in [4.78, 5) is 13.9. The van der Waals surface area contributed by atoms with Crippen molar-refractivity contribution in [3.63, 3.8) is 0 Å². The van der Waals surface area contributed by atoms with Crippen molar-refractivity contribution in [1.29, 1.82) is 0 Å². The van der Waals surface area contributed by atoms with Gasteiger partial charge in [0.15, 0.2) is 0 Å². The lowest BCUT2D eigenvalue weighted by Crippen LogP contribution is -2.53. The number of nitrogens with two attached hydrogens (primary N) is 1. The fourth-order valence-corrected chi connectivity index (χ4v) is 2.88. The molecular weight excluding hydrogens is 288 g/mol. The number of rotatable bonds is 3. The lowest BCUT2D eigenvalue weighted by molar-refractivity contribution is -0.137. The van der Waals surface area contributed by atoms with E-state index >= 15 is 0 Å². The first-order valence-corrected chi connectivity index (χ1v) is 7.68. The number of amides is 1. The van der Waals surface area contributed by atoms with Gasteiger partial charge >= 0.3 is 0 Å². The highest BCUT2D eigenvalue weighted by Crippen LogP contribution is 2.31. The largest absolute Gasteiger partial charge is 0.388 e. The monoisotopic (exact) mass is 310 g/mol. The van der Waals surface area contributed by atoms with Gasteiger partial charge in [0.1, 0.15) is 0 Å². The van der Waals surface area contributed by atoms with Crippen LogP contribution < -0.4 is 5.73 Å². The average molecular weight is 311 g/mol. The lowest BCUT2D eigenvalue weighted by atomic mass is 9.87. The Kier molecular flexibility index (Phi) is 4.91. The number of piperidine rings is 1. The predicted octanol–water partition coefficient (Wildman–Crippen LogP) is 2.35. The molecular formula is C16H23ClN2O2. The number of aliphatic hydroxyl groups excluding tert-OH is 1. The molecule has 3 N–H and O–H groups in total. The Morgan fingerprint density at radius 1 is 1.33 bits per heavy atom. The molecule has 0 unspecified atom stereocenters.